The molecule has 0 aliphatic rings. The van der Waals surface area contributed by atoms with Gasteiger partial charge in [0.25, 0.3) is 5.91 Å². The topological polar surface area (TPSA) is 73.6 Å². The first kappa shape index (κ1) is 25.7. The molecule has 4 aromatic rings. The minimum atomic E-state index is -2.88. The van der Waals surface area contributed by atoms with Gasteiger partial charge in [0, 0.05) is 16.0 Å². The minimum absolute atomic E-state index is 0.0572. The zero-order chi connectivity index (χ0) is 25.8. The number of rotatable bonds is 9. The van der Waals surface area contributed by atoms with Crippen molar-refractivity contribution in [2.45, 2.75) is 39.9 Å². The monoisotopic (exact) mass is 532 g/mol. The van der Waals surface area contributed by atoms with Crippen LogP contribution in [0.2, 0.25) is 5.02 Å². The van der Waals surface area contributed by atoms with Crippen LogP contribution >= 0.6 is 22.9 Å². The van der Waals surface area contributed by atoms with Gasteiger partial charge < -0.3 is 13.9 Å². The third kappa shape index (κ3) is 6.22. The van der Waals surface area contributed by atoms with Crippen LogP contribution < -0.4 is 14.8 Å². The standard InChI is InChI=1S/C26H23ClF2N2O4S/c1-14(2)19-11-20(27)15(3)10-23(19)33-12-18-8-9-22(34-18)24(32)31-26-30-21(13-36-26)16-4-6-17(7-5-16)35-25(28)29/h4-11,13-14,25H,12H2,1-3H3,(H,30,31,32). The summed E-state index contributed by atoms with van der Waals surface area (Å²) in [6, 6.07) is 13.2. The molecule has 0 aliphatic heterocycles. The summed E-state index contributed by atoms with van der Waals surface area (Å²) < 4.78 is 40.6. The lowest BCUT2D eigenvalue weighted by Gasteiger charge is -2.15. The first-order valence-electron chi connectivity index (χ1n) is 11.0. The third-order valence-electron chi connectivity index (χ3n) is 5.27. The first-order valence-corrected chi connectivity index (χ1v) is 12.3. The highest BCUT2D eigenvalue weighted by Crippen LogP contribution is 2.33. The summed E-state index contributed by atoms with van der Waals surface area (Å²) in [6.45, 7) is 3.30. The van der Waals surface area contributed by atoms with Gasteiger partial charge in [0.15, 0.2) is 10.9 Å². The molecule has 0 saturated carbocycles. The van der Waals surface area contributed by atoms with Gasteiger partial charge in [0.05, 0.1) is 5.69 Å². The number of nitrogens with one attached hydrogen (secondary N) is 1. The lowest BCUT2D eigenvalue weighted by Crippen LogP contribution is -2.10. The van der Waals surface area contributed by atoms with Crippen LogP contribution in [0, 0.1) is 6.92 Å². The molecule has 0 unspecified atom stereocenters. The summed E-state index contributed by atoms with van der Waals surface area (Å²) in [7, 11) is 0. The Kier molecular flexibility index (Phi) is 7.91. The number of aromatic nitrogens is 1. The van der Waals surface area contributed by atoms with Crippen molar-refractivity contribution in [2.24, 2.45) is 0 Å². The van der Waals surface area contributed by atoms with Crippen LogP contribution in [0.4, 0.5) is 13.9 Å². The number of aryl methyl sites for hydroxylation is 1. The molecule has 36 heavy (non-hydrogen) atoms. The number of thiazole rings is 1. The Morgan fingerprint density at radius 3 is 2.61 bits per heavy atom. The van der Waals surface area contributed by atoms with E-state index in [-0.39, 0.29) is 24.0 Å². The molecule has 0 aliphatic carbocycles. The number of hydrogen-bond acceptors (Lipinski definition) is 6. The van der Waals surface area contributed by atoms with Crippen LogP contribution in [-0.2, 0) is 6.61 Å². The number of hydrogen-bond donors (Lipinski definition) is 1. The lowest BCUT2D eigenvalue weighted by atomic mass is 10.0. The Morgan fingerprint density at radius 1 is 1.17 bits per heavy atom. The second kappa shape index (κ2) is 11.1. The molecule has 0 bridgehead atoms. The van der Waals surface area contributed by atoms with E-state index >= 15 is 0 Å². The van der Waals surface area contributed by atoms with Crippen molar-refractivity contribution in [1.82, 2.24) is 4.98 Å². The smallest absolute Gasteiger partial charge is 0.387 e. The predicted octanol–water partition coefficient (Wildman–Crippen LogP) is 7.92. The summed E-state index contributed by atoms with van der Waals surface area (Å²) in [5.41, 5.74) is 3.19. The first-order chi connectivity index (χ1) is 17.2. The van der Waals surface area contributed by atoms with Gasteiger partial charge in [-0.05, 0) is 72.5 Å². The molecule has 1 amide bonds. The maximum absolute atomic E-state index is 12.6. The van der Waals surface area contributed by atoms with E-state index in [4.69, 9.17) is 20.8 Å². The number of carbonyl (C=O) groups excluding carboxylic acids is 1. The van der Waals surface area contributed by atoms with Crippen molar-refractivity contribution in [3.05, 3.63) is 81.6 Å². The van der Waals surface area contributed by atoms with Crippen molar-refractivity contribution >= 4 is 34.0 Å². The van der Waals surface area contributed by atoms with Crippen LogP contribution in [-0.4, -0.2) is 17.5 Å². The predicted molar refractivity (Wildman–Crippen MR) is 135 cm³/mol. The van der Waals surface area contributed by atoms with Gasteiger partial charge in [-0.3, -0.25) is 10.1 Å². The lowest BCUT2D eigenvalue weighted by molar-refractivity contribution is -0.0498. The maximum atomic E-state index is 12.6. The van der Waals surface area contributed by atoms with Gasteiger partial charge in [-0.2, -0.15) is 8.78 Å². The van der Waals surface area contributed by atoms with E-state index in [1.807, 2.05) is 19.1 Å². The fourth-order valence-corrected chi connectivity index (χ4v) is 4.29. The highest BCUT2D eigenvalue weighted by molar-refractivity contribution is 7.14. The molecule has 0 radical (unpaired) electrons. The van der Waals surface area contributed by atoms with Gasteiger partial charge in [-0.15, -0.1) is 11.3 Å². The summed E-state index contributed by atoms with van der Waals surface area (Å²) >= 11 is 7.49. The van der Waals surface area contributed by atoms with Crippen molar-refractivity contribution in [3.63, 3.8) is 0 Å². The molecule has 4 rings (SSSR count). The quantitative estimate of drug-likeness (QED) is 0.237. The number of ether oxygens (including phenoxy) is 2. The number of amides is 1. The van der Waals surface area contributed by atoms with Gasteiger partial charge in [0.1, 0.15) is 23.9 Å². The van der Waals surface area contributed by atoms with Crippen LogP contribution in [0.25, 0.3) is 11.3 Å². The molecule has 0 spiro atoms. The molecule has 2 heterocycles. The third-order valence-corrected chi connectivity index (χ3v) is 6.43. The minimum Gasteiger partial charge on any atom is -0.485 e. The number of nitrogens with zero attached hydrogens (tertiary/aromatic N) is 1. The molecule has 10 heteroatoms. The molecule has 0 fully saturated rings. The second-order valence-electron chi connectivity index (χ2n) is 8.24. The van der Waals surface area contributed by atoms with Crippen LogP contribution in [0.1, 0.15) is 47.2 Å². The highest BCUT2D eigenvalue weighted by Gasteiger charge is 2.16. The average Bonchev–Trinajstić information content (AvgIpc) is 3.49. The van der Waals surface area contributed by atoms with E-state index in [1.54, 1.807) is 29.6 Å². The van der Waals surface area contributed by atoms with Gasteiger partial charge >= 0.3 is 6.61 Å². The number of halogens is 3. The highest BCUT2D eigenvalue weighted by atomic mass is 35.5. The van der Waals surface area contributed by atoms with Crippen molar-refractivity contribution in [3.8, 4) is 22.8 Å². The van der Waals surface area contributed by atoms with Crippen LogP contribution in [0.15, 0.2) is 58.3 Å². The maximum Gasteiger partial charge on any atom is 0.387 e. The molecule has 6 nitrogen and oxygen atoms in total. The molecule has 2 aromatic carbocycles. The fraction of sp³-hybridized carbons (Fsp3) is 0.231. The largest absolute Gasteiger partial charge is 0.485 e. The summed E-state index contributed by atoms with van der Waals surface area (Å²) in [5, 5.41) is 5.51. The zero-order valence-corrected chi connectivity index (χ0v) is 21.3. The van der Waals surface area contributed by atoms with E-state index < -0.39 is 12.5 Å². The summed E-state index contributed by atoms with van der Waals surface area (Å²) in [5.74, 6) is 1.17. The van der Waals surface area contributed by atoms with E-state index in [0.29, 0.717) is 27.2 Å². The second-order valence-corrected chi connectivity index (χ2v) is 9.51. The zero-order valence-electron chi connectivity index (χ0n) is 19.7. The Morgan fingerprint density at radius 2 is 1.92 bits per heavy atom. The van der Waals surface area contributed by atoms with Crippen molar-refractivity contribution in [1.29, 1.82) is 0 Å². The molecule has 1 N–H and O–H groups in total. The van der Waals surface area contributed by atoms with Gasteiger partial charge in [0.2, 0.25) is 0 Å². The van der Waals surface area contributed by atoms with Crippen molar-refractivity contribution in [2.75, 3.05) is 5.32 Å². The molecule has 0 saturated heterocycles. The molecule has 188 valence electrons. The number of furan rings is 1. The molecule has 0 atom stereocenters. The molecular weight excluding hydrogens is 510 g/mol. The van der Waals surface area contributed by atoms with E-state index in [9.17, 15) is 13.6 Å². The number of benzene rings is 2. The Balaban J connectivity index is 1.38. The van der Waals surface area contributed by atoms with Crippen LogP contribution in [0.5, 0.6) is 11.5 Å². The fourth-order valence-electron chi connectivity index (χ4n) is 3.40. The summed E-state index contributed by atoms with van der Waals surface area (Å²) in [4.78, 5) is 17.0. The Bertz CT molecular complexity index is 1350. The normalized spacial score (nSPS) is 11.2. The van der Waals surface area contributed by atoms with E-state index in [1.165, 1.54) is 23.5 Å². The number of carbonyl (C=O) groups is 1. The van der Waals surface area contributed by atoms with Crippen molar-refractivity contribution < 1.29 is 27.5 Å². The SMILES string of the molecule is Cc1cc(OCc2ccc(C(=O)Nc3nc(-c4ccc(OC(F)F)cc4)cs3)o2)c(C(C)C)cc1Cl. The Hall–Kier alpha value is -3.43. The van der Waals surface area contributed by atoms with Crippen LogP contribution in [0.3, 0.4) is 0 Å². The Labute approximate surface area is 215 Å². The van der Waals surface area contributed by atoms with Gasteiger partial charge in [-0.1, -0.05) is 25.4 Å². The number of alkyl halides is 2. The van der Waals surface area contributed by atoms with E-state index in [0.717, 1.165) is 16.9 Å². The summed E-state index contributed by atoms with van der Waals surface area (Å²) in [6.07, 6.45) is 0. The average molecular weight is 533 g/mol. The van der Waals surface area contributed by atoms with Gasteiger partial charge in [-0.25, -0.2) is 4.98 Å². The molecule has 2 aromatic heterocycles. The molecular formula is C26H23ClF2N2O4S. The van der Waals surface area contributed by atoms with E-state index in [2.05, 4.69) is 28.9 Å². The number of anilines is 1.